The highest BCUT2D eigenvalue weighted by Crippen LogP contribution is 2.19. The third-order valence-electron chi connectivity index (χ3n) is 4.70. The lowest BCUT2D eigenvalue weighted by molar-refractivity contribution is 0.0752. The molecule has 0 spiro atoms. The summed E-state index contributed by atoms with van der Waals surface area (Å²) in [6.45, 7) is 3.62. The van der Waals surface area contributed by atoms with Crippen LogP contribution in [0.3, 0.4) is 0 Å². The van der Waals surface area contributed by atoms with Gasteiger partial charge < -0.3 is 14.5 Å². The molecule has 0 bridgehead atoms. The fraction of sp³-hybridized carbons (Fsp3) is 0.250. The van der Waals surface area contributed by atoms with E-state index in [2.05, 4.69) is 34.1 Å². The molecule has 0 N–H and O–H groups in total. The molecule has 2 aromatic carbocycles. The molecule has 0 unspecified atom stereocenters. The average molecular weight is 389 g/mol. The molecule has 1 aromatic heterocycles. The quantitative estimate of drug-likeness (QED) is 0.573. The monoisotopic (exact) mass is 389 g/mol. The molecule has 5 heteroatoms. The van der Waals surface area contributed by atoms with Gasteiger partial charge in [0, 0.05) is 56.4 Å². The number of hydrogen-bond donors (Lipinski definition) is 0. The Kier molecular flexibility index (Phi) is 6.85. The molecule has 1 amide bonds. The maximum atomic E-state index is 13.0. The van der Waals surface area contributed by atoms with Crippen molar-refractivity contribution in [3.05, 3.63) is 89.7 Å². The van der Waals surface area contributed by atoms with Crippen LogP contribution in [0, 0.1) is 0 Å². The van der Waals surface area contributed by atoms with Crippen LogP contribution in [-0.2, 0) is 13.2 Å². The first-order chi connectivity index (χ1) is 14.1. The summed E-state index contributed by atoms with van der Waals surface area (Å²) in [5, 5.41) is 0. The highest BCUT2D eigenvalue weighted by molar-refractivity contribution is 5.94. The van der Waals surface area contributed by atoms with Gasteiger partial charge >= 0.3 is 0 Å². The number of benzene rings is 2. The predicted molar refractivity (Wildman–Crippen MR) is 116 cm³/mol. The van der Waals surface area contributed by atoms with Gasteiger partial charge in [-0.3, -0.25) is 9.78 Å². The van der Waals surface area contributed by atoms with E-state index in [1.54, 1.807) is 18.5 Å². The van der Waals surface area contributed by atoms with Crippen molar-refractivity contribution >= 4 is 11.6 Å². The molecule has 1 heterocycles. The summed E-state index contributed by atoms with van der Waals surface area (Å²) in [4.78, 5) is 21.0. The van der Waals surface area contributed by atoms with Gasteiger partial charge in [-0.05, 0) is 48.9 Å². The third kappa shape index (κ3) is 5.57. The summed E-state index contributed by atoms with van der Waals surface area (Å²) >= 11 is 0. The van der Waals surface area contributed by atoms with Gasteiger partial charge in [-0.25, -0.2) is 0 Å². The lowest BCUT2D eigenvalue weighted by Gasteiger charge is -2.22. The molecule has 5 nitrogen and oxygen atoms in total. The standard InChI is InChI=1S/C24H27N3O2/c1-4-27(17-19-10-12-22(13-11-19)26(2)3)24(28)21-8-5-9-23(15-21)29-18-20-7-6-14-25-16-20/h5-16H,4,17-18H2,1-3H3. The molecule has 0 radical (unpaired) electrons. The summed E-state index contributed by atoms with van der Waals surface area (Å²) in [5.41, 5.74) is 3.86. The van der Waals surface area contributed by atoms with Crippen molar-refractivity contribution in [2.24, 2.45) is 0 Å². The summed E-state index contributed by atoms with van der Waals surface area (Å²) in [6.07, 6.45) is 3.51. The second-order valence-electron chi connectivity index (χ2n) is 7.06. The Bertz CT molecular complexity index is 924. The molecule has 0 saturated carbocycles. The average Bonchev–Trinajstić information content (AvgIpc) is 2.77. The lowest BCUT2D eigenvalue weighted by Crippen LogP contribution is -2.30. The maximum Gasteiger partial charge on any atom is 0.254 e. The van der Waals surface area contributed by atoms with E-state index in [4.69, 9.17) is 4.74 Å². The predicted octanol–water partition coefficient (Wildman–Crippen LogP) is 4.39. The normalized spacial score (nSPS) is 10.4. The number of pyridine rings is 1. The fourth-order valence-electron chi connectivity index (χ4n) is 3.00. The molecule has 3 aromatic rings. The zero-order chi connectivity index (χ0) is 20.6. The number of ether oxygens (including phenoxy) is 1. The number of rotatable bonds is 8. The number of nitrogens with zero attached hydrogens (tertiary/aromatic N) is 3. The highest BCUT2D eigenvalue weighted by Gasteiger charge is 2.15. The van der Waals surface area contributed by atoms with Gasteiger partial charge in [0.05, 0.1) is 0 Å². The Balaban J connectivity index is 1.67. The molecule has 0 fully saturated rings. The van der Waals surface area contributed by atoms with Crippen LogP contribution in [-0.4, -0.2) is 36.4 Å². The summed E-state index contributed by atoms with van der Waals surface area (Å²) in [7, 11) is 4.03. The minimum absolute atomic E-state index is 0.00369. The zero-order valence-corrected chi connectivity index (χ0v) is 17.2. The molecule has 0 aliphatic heterocycles. The molecule has 150 valence electrons. The number of aromatic nitrogens is 1. The minimum Gasteiger partial charge on any atom is -0.489 e. The second-order valence-corrected chi connectivity index (χ2v) is 7.06. The van der Waals surface area contributed by atoms with Crippen LogP contribution in [0.5, 0.6) is 5.75 Å². The van der Waals surface area contributed by atoms with Crippen molar-refractivity contribution in [1.29, 1.82) is 0 Å². The van der Waals surface area contributed by atoms with E-state index >= 15 is 0 Å². The first-order valence-corrected chi connectivity index (χ1v) is 9.74. The molecule has 29 heavy (non-hydrogen) atoms. The van der Waals surface area contributed by atoms with E-state index in [9.17, 15) is 4.79 Å². The van der Waals surface area contributed by atoms with Crippen LogP contribution < -0.4 is 9.64 Å². The van der Waals surface area contributed by atoms with E-state index < -0.39 is 0 Å². The van der Waals surface area contributed by atoms with Crippen LogP contribution in [0.15, 0.2) is 73.1 Å². The van der Waals surface area contributed by atoms with Crippen molar-refractivity contribution < 1.29 is 9.53 Å². The smallest absolute Gasteiger partial charge is 0.254 e. The largest absolute Gasteiger partial charge is 0.489 e. The molecular formula is C24H27N3O2. The van der Waals surface area contributed by atoms with Gasteiger partial charge in [0.25, 0.3) is 5.91 Å². The topological polar surface area (TPSA) is 45.7 Å². The van der Waals surface area contributed by atoms with Crippen molar-refractivity contribution in [2.45, 2.75) is 20.1 Å². The molecule has 0 saturated heterocycles. The van der Waals surface area contributed by atoms with Crippen LogP contribution in [0.25, 0.3) is 0 Å². The number of hydrogen-bond acceptors (Lipinski definition) is 4. The van der Waals surface area contributed by atoms with Gasteiger partial charge in [0.15, 0.2) is 0 Å². The summed E-state index contributed by atoms with van der Waals surface area (Å²) in [5.74, 6) is 0.669. The van der Waals surface area contributed by atoms with Gasteiger partial charge in [0.1, 0.15) is 12.4 Å². The number of anilines is 1. The number of carbonyl (C=O) groups is 1. The first-order valence-electron chi connectivity index (χ1n) is 9.74. The van der Waals surface area contributed by atoms with E-state index in [1.807, 2.05) is 56.3 Å². The number of carbonyl (C=O) groups excluding carboxylic acids is 1. The maximum absolute atomic E-state index is 13.0. The summed E-state index contributed by atoms with van der Waals surface area (Å²) in [6, 6.07) is 19.5. The van der Waals surface area contributed by atoms with Gasteiger partial charge in [-0.1, -0.05) is 24.3 Å². The van der Waals surface area contributed by atoms with Crippen molar-refractivity contribution in [1.82, 2.24) is 9.88 Å². The van der Waals surface area contributed by atoms with E-state index in [0.717, 1.165) is 16.8 Å². The Morgan fingerprint density at radius 1 is 1.00 bits per heavy atom. The van der Waals surface area contributed by atoms with Gasteiger partial charge in [-0.2, -0.15) is 0 Å². The Morgan fingerprint density at radius 3 is 2.45 bits per heavy atom. The van der Waals surface area contributed by atoms with Crippen LogP contribution in [0.1, 0.15) is 28.4 Å². The zero-order valence-electron chi connectivity index (χ0n) is 17.2. The highest BCUT2D eigenvalue weighted by atomic mass is 16.5. The Morgan fingerprint density at radius 2 is 1.79 bits per heavy atom. The van der Waals surface area contributed by atoms with E-state index in [1.165, 1.54) is 0 Å². The summed E-state index contributed by atoms with van der Waals surface area (Å²) < 4.78 is 5.83. The molecular weight excluding hydrogens is 362 g/mol. The SMILES string of the molecule is CCN(Cc1ccc(N(C)C)cc1)C(=O)c1cccc(OCc2cccnc2)c1. The Hall–Kier alpha value is -3.34. The van der Waals surface area contributed by atoms with Crippen molar-refractivity contribution in [3.8, 4) is 5.75 Å². The molecule has 0 atom stereocenters. The molecule has 0 aliphatic rings. The van der Waals surface area contributed by atoms with Crippen LogP contribution >= 0.6 is 0 Å². The first kappa shape index (κ1) is 20.4. The van der Waals surface area contributed by atoms with Crippen molar-refractivity contribution in [2.75, 3.05) is 25.5 Å². The minimum atomic E-state index is -0.00369. The fourth-order valence-corrected chi connectivity index (χ4v) is 3.00. The molecule has 3 rings (SSSR count). The third-order valence-corrected chi connectivity index (χ3v) is 4.70. The van der Waals surface area contributed by atoms with E-state index in [0.29, 0.717) is 31.0 Å². The molecule has 0 aliphatic carbocycles. The van der Waals surface area contributed by atoms with E-state index in [-0.39, 0.29) is 5.91 Å². The Labute approximate surface area is 172 Å². The van der Waals surface area contributed by atoms with Crippen LogP contribution in [0.2, 0.25) is 0 Å². The van der Waals surface area contributed by atoms with Gasteiger partial charge in [-0.15, -0.1) is 0 Å². The van der Waals surface area contributed by atoms with Crippen LogP contribution in [0.4, 0.5) is 5.69 Å². The van der Waals surface area contributed by atoms with Gasteiger partial charge in [0.2, 0.25) is 0 Å². The number of amides is 1. The lowest BCUT2D eigenvalue weighted by atomic mass is 10.1. The second kappa shape index (κ2) is 9.73. The van der Waals surface area contributed by atoms with Crippen molar-refractivity contribution in [3.63, 3.8) is 0 Å².